The summed E-state index contributed by atoms with van der Waals surface area (Å²) < 4.78 is 12.6. The van der Waals surface area contributed by atoms with Gasteiger partial charge in [-0.3, -0.25) is 4.21 Å². The molecule has 0 bridgehead atoms. The first kappa shape index (κ1) is 15.7. The van der Waals surface area contributed by atoms with Crippen molar-refractivity contribution >= 4 is 22.4 Å². The summed E-state index contributed by atoms with van der Waals surface area (Å²) >= 11 is 5.86. The maximum absolute atomic E-state index is 12.6. The van der Waals surface area contributed by atoms with Crippen LogP contribution in [0.3, 0.4) is 0 Å². The van der Waals surface area contributed by atoms with Crippen molar-refractivity contribution in [3.63, 3.8) is 0 Å². The maximum Gasteiger partial charge on any atom is 0.0576 e. The SMILES string of the molecule is CCCC(NC)C(CC)S(=O)c1ccc(Cl)cc1. The third kappa shape index (κ3) is 4.08. The van der Waals surface area contributed by atoms with Gasteiger partial charge >= 0.3 is 0 Å². The van der Waals surface area contributed by atoms with Gasteiger partial charge in [0.25, 0.3) is 0 Å². The third-order valence-electron chi connectivity index (χ3n) is 3.14. The Morgan fingerprint density at radius 1 is 1.28 bits per heavy atom. The van der Waals surface area contributed by atoms with Crippen LogP contribution in [0.1, 0.15) is 33.1 Å². The van der Waals surface area contributed by atoms with Crippen LogP contribution in [0.15, 0.2) is 29.2 Å². The van der Waals surface area contributed by atoms with Gasteiger partial charge in [-0.25, -0.2) is 0 Å². The molecule has 2 nitrogen and oxygen atoms in total. The normalized spacial score (nSPS) is 16.2. The van der Waals surface area contributed by atoms with Crippen LogP contribution < -0.4 is 5.32 Å². The molecule has 102 valence electrons. The molecular weight excluding hydrogens is 266 g/mol. The van der Waals surface area contributed by atoms with E-state index in [4.69, 9.17) is 11.6 Å². The first-order valence-corrected chi connectivity index (χ1v) is 8.06. The van der Waals surface area contributed by atoms with E-state index in [1.54, 1.807) is 12.1 Å². The molecule has 0 aliphatic heterocycles. The molecule has 3 atom stereocenters. The van der Waals surface area contributed by atoms with Gasteiger partial charge in [-0.2, -0.15) is 0 Å². The quantitative estimate of drug-likeness (QED) is 0.830. The summed E-state index contributed by atoms with van der Waals surface area (Å²) in [5, 5.41) is 4.13. The van der Waals surface area contributed by atoms with Gasteiger partial charge in [0.1, 0.15) is 0 Å². The largest absolute Gasteiger partial charge is 0.316 e. The Hall–Kier alpha value is -0.380. The van der Waals surface area contributed by atoms with E-state index in [0.717, 1.165) is 24.2 Å². The van der Waals surface area contributed by atoms with Crippen molar-refractivity contribution in [3.05, 3.63) is 29.3 Å². The van der Waals surface area contributed by atoms with E-state index in [0.29, 0.717) is 11.1 Å². The number of hydrogen-bond donors (Lipinski definition) is 1. The number of nitrogens with one attached hydrogen (secondary N) is 1. The van der Waals surface area contributed by atoms with Crippen LogP contribution in [-0.2, 0) is 10.8 Å². The Morgan fingerprint density at radius 3 is 2.33 bits per heavy atom. The van der Waals surface area contributed by atoms with Gasteiger partial charge in [-0.15, -0.1) is 0 Å². The summed E-state index contributed by atoms with van der Waals surface area (Å²) in [6.45, 7) is 4.25. The van der Waals surface area contributed by atoms with Crippen LogP contribution in [-0.4, -0.2) is 22.5 Å². The first-order valence-electron chi connectivity index (χ1n) is 6.47. The molecule has 0 amide bonds. The molecule has 18 heavy (non-hydrogen) atoms. The van der Waals surface area contributed by atoms with Gasteiger partial charge < -0.3 is 5.32 Å². The first-order chi connectivity index (χ1) is 8.63. The average Bonchev–Trinajstić information content (AvgIpc) is 2.39. The zero-order valence-corrected chi connectivity index (χ0v) is 12.9. The van der Waals surface area contributed by atoms with Gasteiger partial charge in [-0.1, -0.05) is 31.9 Å². The number of halogens is 1. The maximum atomic E-state index is 12.6. The van der Waals surface area contributed by atoms with Crippen molar-refractivity contribution in [2.45, 2.75) is 49.3 Å². The summed E-state index contributed by atoms with van der Waals surface area (Å²) in [6.07, 6.45) is 3.05. The van der Waals surface area contributed by atoms with Crippen molar-refractivity contribution in [2.24, 2.45) is 0 Å². The van der Waals surface area contributed by atoms with E-state index in [9.17, 15) is 4.21 Å². The number of hydrogen-bond acceptors (Lipinski definition) is 2. The third-order valence-corrected chi connectivity index (χ3v) is 5.34. The summed E-state index contributed by atoms with van der Waals surface area (Å²) in [4.78, 5) is 0.864. The molecule has 0 spiro atoms. The lowest BCUT2D eigenvalue weighted by Gasteiger charge is -2.25. The minimum absolute atomic E-state index is 0.149. The lowest BCUT2D eigenvalue weighted by Crippen LogP contribution is -2.39. The van der Waals surface area contributed by atoms with Crippen molar-refractivity contribution in [1.82, 2.24) is 5.32 Å². The van der Waals surface area contributed by atoms with Crippen molar-refractivity contribution in [2.75, 3.05) is 7.05 Å². The van der Waals surface area contributed by atoms with Crippen LogP contribution >= 0.6 is 11.6 Å². The highest BCUT2D eigenvalue weighted by Crippen LogP contribution is 2.20. The van der Waals surface area contributed by atoms with Gasteiger partial charge in [-0.05, 0) is 44.2 Å². The molecule has 1 aromatic rings. The minimum atomic E-state index is -0.982. The zero-order valence-electron chi connectivity index (χ0n) is 11.3. The second kappa shape index (κ2) is 7.93. The van der Waals surface area contributed by atoms with Crippen molar-refractivity contribution in [1.29, 1.82) is 0 Å². The van der Waals surface area contributed by atoms with Crippen LogP contribution in [0.25, 0.3) is 0 Å². The summed E-state index contributed by atoms with van der Waals surface area (Å²) in [6, 6.07) is 7.63. The molecule has 0 saturated heterocycles. The molecule has 0 fully saturated rings. The second-order valence-corrected chi connectivity index (χ2v) is 6.49. The standard InChI is InChI=1S/C14H22ClNOS/c1-4-6-13(16-3)14(5-2)18(17)12-9-7-11(15)8-10-12/h7-10,13-14,16H,4-6H2,1-3H3. The molecular formula is C14H22ClNOS. The fraction of sp³-hybridized carbons (Fsp3) is 0.571. The van der Waals surface area contributed by atoms with Gasteiger partial charge in [0.15, 0.2) is 0 Å². The van der Waals surface area contributed by atoms with Crippen LogP contribution in [0.2, 0.25) is 5.02 Å². The lowest BCUT2D eigenvalue weighted by molar-refractivity contribution is 0.481. The number of rotatable bonds is 7. The smallest absolute Gasteiger partial charge is 0.0576 e. The van der Waals surface area contributed by atoms with E-state index < -0.39 is 10.8 Å². The van der Waals surface area contributed by atoms with E-state index in [-0.39, 0.29) is 5.25 Å². The van der Waals surface area contributed by atoms with E-state index in [1.165, 1.54) is 0 Å². The summed E-state index contributed by atoms with van der Waals surface area (Å²) in [5.41, 5.74) is 0. The zero-order chi connectivity index (χ0) is 13.5. The highest BCUT2D eigenvalue weighted by Gasteiger charge is 2.24. The molecule has 1 rings (SSSR count). The van der Waals surface area contributed by atoms with E-state index in [1.807, 2.05) is 19.2 Å². The molecule has 0 radical (unpaired) electrons. The minimum Gasteiger partial charge on any atom is -0.316 e. The molecule has 0 saturated carbocycles. The van der Waals surface area contributed by atoms with Gasteiger partial charge in [0.2, 0.25) is 0 Å². The molecule has 0 heterocycles. The molecule has 3 unspecified atom stereocenters. The Kier molecular flexibility index (Phi) is 6.90. The molecule has 4 heteroatoms. The molecule has 1 aromatic carbocycles. The second-order valence-electron chi connectivity index (χ2n) is 4.38. The Morgan fingerprint density at radius 2 is 1.89 bits per heavy atom. The van der Waals surface area contributed by atoms with E-state index >= 15 is 0 Å². The predicted octanol–water partition coefficient (Wildman–Crippen LogP) is 3.61. The highest BCUT2D eigenvalue weighted by molar-refractivity contribution is 7.85. The van der Waals surface area contributed by atoms with Gasteiger partial charge in [0.05, 0.1) is 16.0 Å². The fourth-order valence-corrected chi connectivity index (χ4v) is 3.91. The average molecular weight is 288 g/mol. The van der Waals surface area contributed by atoms with Crippen LogP contribution in [0.4, 0.5) is 0 Å². The topological polar surface area (TPSA) is 29.1 Å². The summed E-state index contributed by atoms with van der Waals surface area (Å²) in [5.74, 6) is 0. The van der Waals surface area contributed by atoms with Crippen molar-refractivity contribution in [3.8, 4) is 0 Å². The van der Waals surface area contributed by atoms with Crippen LogP contribution in [0.5, 0.6) is 0 Å². The molecule has 1 N–H and O–H groups in total. The number of benzene rings is 1. The Balaban J connectivity index is 2.87. The van der Waals surface area contributed by atoms with E-state index in [2.05, 4.69) is 19.2 Å². The molecule has 0 aliphatic rings. The van der Waals surface area contributed by atoms with Gasteiger partial charge in [0, 0.05) is 16.0 Å². The van der Waals surface area contributed by atoms with Crippen LogP contribution in [0, 0.1) is 0 Å². The van der Waals surface area contributed by atoms with Crippen molar-refractivity contribution < 1.29 is 4.21 Å². The summed E-state index contributed by atoms with van der Waals surface area (Å²) in [7, 11) is 0.964. The lowest BCUT2D eigenvalue weighted by atomic mass is 10.1. The Bertz CT molecular complexity index is 380. The molecule has 0 aliphatic carbocycles. The predicted molar refractivity (Wildman–Crippen MR) is 79.7 cm³/mol. The highest BCUT2D eigenvalue weighted by atomic mass is 35.5. The Labute approximate surface area is 118 Å². The fourth-order valence-electron chi connectivity index (χ4n) is 2.16. The monoisotopic (exact) mass is 287 g/mol. The molecule has 0 aromatic heterocycles.